The molecule has 5 heteroatoms. The first-order valence-electron chi connectivity index (χ1n) is 8.66. The number of hydrogen-bond acceptors (Lipinski definition) is 3. The van der Waals surface area contributed by atoms with Gasteiger partial charge < -0.3 is 9.84 Å². The van der Waals surface area contributed by atoms with Crippen molar-refractivity contribution in [3.8, 4) is 16.9 Å². The molecule has 1 N–H and O–H groups in total. The smallest absolute Gasteiger partial charge is 0.337 e. The molecule has 0 atom stereocenters. The highest BCUT2D eigenvalue weighted by atomic mass is 79.9. The molecular formula is C22H20BrNO3. The largest absolute Gasteiger partial charge is 0.487 e. The summed E-state index contributed by atoms with van der Waals surface area (Å²) in [4.78, 5) is 16.5. The minimum absolute atomic E-state index is 0.103. The Hall–Kier alpha value is -2.66. The molecule has 0 saturated carbocycles. The molecular weight excluding hydrogens is 406 g/mol. The number of ether oxygens (including phenoxy) is 1. The van der Waals surface area contributed by atoms with Gasteiger partial charge in [-0.25, -0.2) is 4.79 Å². The zero-order chi connectivity index (χ0) is 19.4. The lowest BCUT2D eigenvalue weighted by Gasteiger charge is -2.17. The Morgan fingerprint density at radius 2 is 1.78 bits per heavy atom. The fourth-order valence-corrected chi connectivity index (χ4v) is 3.10. The van der Waals surface area contributed by atoms with E-state index in [2.05, 4.69) is 20.9 Å². The number of aromatic nitrogens is 1. The Bertz CT molecular complexity index is 938. The number of carbonyl (C=O) groups is 1. The van der Waals surface area contributed by atoms with Crippen LogP contribution in [-0.4, -0.2) is 16.1 Å². The topological polar surface area (TPSA) is 59.4 Å². The van der Waals surface area contributed by atoms with Crippen LogP contribution >= 0.6 is 15.9 Å². The van der Waals surface area contributed by atoms with E-state index in [1.54, 1.807) is 6.07 Å². The van der Waals surface area contributed by atoms with Gasteiger partial charge in [-0.3, -0.25) is 4.98 Å². The Kier molecular flexibility index (Phi) is 5.91. The summed E-state index contributed by atoms with van der Waals surface area (Å²) in [5.74, 6) is -0.191. The number of aromatic carboxylic acids is 1. The zero-order valence-electron chi connectivity index (χ0n) is 15.1. The Morgan fingerprint density at radius 3 is 2.37 bits per heavy atom. The van der Waals surface area contributed by atoms with Gasteiger partial charge in [0.05, 0.1) is 17.0 Å². The molecule has 0 spiro atoms. The number of pyridine rings is 1. The summed E-state index contributed by atoms with van der Waals surface area (Å²) in [6.45, 7) is 4.20. The summed E-state index contributed by atoms with van der Waals surface area (Å²) in [5.41, 5.74) is 3.21. The van der Waals surface area contributed by atoms with Crippen LogP contribution in [-0.2, 0) is 6.61 Å². The van der Waals surface area contributed by atoms with E-state index >= 15 is 0 Å². The predicted molar refractivity (Wildman–Crippen MR) is 109 cm³/mol. The second-order valence-electron chi connectivity index (χ2n) is 6.48. The fraction of sp³-hybridized carbons (Fsp3) is 0.182. The number of para-hydroxylation sites is 1. The van der Waals surface area contributed by atoms with E-state index in [0.717, 1.165) is 21.3 Å². The van der Waals surface area contributed by atoms with Crippen molar-refractivity contribution in [3.05, 3.63) is 82.1 Å². The second-order valence-corrected chi connectivity index (χ2v) is 7.40. The van der Waals surface area contributed by atoms with E-state index in [0.29, 0.717) is 11.4 Å². The molecule has 3 aromatic rings. The number of nitrogens with zero attached hydrogens (tertiary/aromatic N) is 1. The average molecular weight is 426 g/mol. The molecule has 1 aromatic heterocycles. The maximum absolute atomic E-state index is 11.8. The van der Waals surface area contributed by atoms with Gasteiger partial charge in [0, 0.05) is 10.0 Å². The van der Waals surface area contributed by atoms with Crippen molar-refractivity contribution in [2.45, 2.75) is 26.4 Å². The van der Waals surface area contributed by atoms with Crippen molar-refractivity contribution in [2.75, 3.05) is 0 Å². The van der Waals surface area contributed by atoms with E-state index in [4.69, 9.17) is 4.74 Å². The van der Waals surface area contributed by atoms with Gasteiger partial charge in [0.2, 0.25) is 0 Å². The van der Waals surface area contributed by atoms with Crippen LogP contribution in [0.2, 0.25) is 0 Å². The number of hydrogen-bond donors (Lipinski definition) is 1. The summed E-state index contributed by atoms with van der Waals surface area (Å²) >= 11 is 3.43. The monoisotopic (exact) mass is 425 g/mol. The Balaban J connectivity index is 2.04. The van der Waals surface area contributed by atoms with Gasteiger partial charge >= 0.3 is 5.97 Å². The van der Waals surface area contributed by atoms with Gasteiger partial charge in [0.1, 0.15) is 12.4 Å². The zero-order valence-corrected chi connectivity index (χ0v) is 16.7. The standard InChI is InChI=1S/C22H20BrNO3/c1-14(2)21-18(15-8-10-16(23)11-9-15)12-19(22(25)26)20(24-21)13-27-17-6-4-3-5-7-17/h3-12,14H,13H2,1-2H3,(H,25,26). The van der Waals surface area contributed by atoms with E-state index in [1.165, 1.54) is 0 Å². The Labute approximate surface area is 167 Å². The predicted octanol–water partition coefficient (Wildman–Crippen LogP) is 5.91. The van der Waals surface area contributed by atoms with E-state index in [-0.39, 0.29) is 18.1 Å². The first-order valence-corrected chi connectivity index (χ1v) is 9.46. The summed E-state index contributed by atoms with van der Waals surface area (Å²) in [5, 5.41) is 9.70. The summed E-state index contributed by atoms with van der Waals surface area (Å²) in [7, 11) is 0. The molecule has 27 heavy (non-hydrogen) atoms. The van der Waals surface area contributed by atoms with Crippen molar-refractivity contribution in [1.82, 2.24) is 4.98 Å². The number of rotatable bonds is 6. The minimum atomic E-state index is -1.01. The van der Waals surface area contributed by atoms with Gasteiger partial charge in [0.25, 0.3) is 0 Å². The molecule has 0 aliphatic rings. The number of carboxylic acids is 1. The lowest BCUT2D eigenvalue weighted by atomic mass is 9.95. The second kappa shape index (κ2) is 8.35. The van der Waals surface area contributed by atoms with Crippen molar-refractivity contribution >= 4 is 21.9 Å². The first kappa shape index (κ1) is 19.1. The highest BCUT2D eigenvalue weighted by Crippen LogP contribution is 2.31. The molecule has 0 unspecified atom stereocenters. The summed E-state index contributed by atoms with van der Waals surface area (Å²) < 4.78 is 6.72. The third kappa shape index (κ3) is 4.55. The molecule has 0 aliphatic carbocycles. The molecule has 0 bridgehead atoms. The SMILES string of the molecule is CC(C)c1nc(COc2ccccc2)c(C(=O)O)cc1-c1ccc(Br)cc1. The van der Waals surface area contributed by atoms with Gasteiger partial charge in [-0.2, -0.15) is 0 Å². The van der Waals surface area contributed by atoms with Gasteiger partial charge in [-0.15, -0.1) is 0 Å². The van der Waals surface area contributed by atoms with Crippen LogP contribution in [0.3, 0.4) is 0 Å². The maximum atomic E-state index is 11.8. The highest BCUT2D eigenvalue weighted by molar-refractivity contribution is 9.10. The van der Waals surface area contributed by atoms with Crippen LogP contribution in [0.25, 0.3) is 11.1 Å². The summed E-state index contributed by atoms with van der Waals surface area (Å²) in [6, 6.07) is 18.8. The molecule has 0 fully saturated rings. The van der Waals surface area contributed by atoms with Crippen molar-refractivity contribution in [2.24, 2.45) is 0 Å². The Morgan fingerprint density at radius 1 is 1.11 bits per heavy atom. The fourth-order valence-electron chi connectivity index (χ4n) is 2.83. The molecule has 0 aliphatic heterocycles. The van der Waals surface area contributed by atoms with Crippen LogP contribution in [0.15, 0.2) is 65.1 Å². The summed E-state index contributed by atoms with van der Waals surface area (Å²) in [6.07, 6.45) is 0. The van der Waals surface area contributed by atoms with Crippen molar-refractivity contribution in [1.29, 1.82) is 0 Å². The molecule has 0 radical (unpaired) electrons. The van der Waals surface area contributed by atoms with Crippen LogP contribution in [0.4, 0.5) is 0 Å². The van der Waals surface area contributed by atoms with Gasteiger partial charge in [0.15, 0.2) is 0 Å². The normalized spacial score (nSPS) is 10.8. The van der Waals surface area contributed by atoms with Crippen molar-refractivity contribution in [3.63, 3.8) is 0 Å². The van der Waals surface area contributed by atoms with Crippen LogP contribution in [0.5, 0.6) is 5.75 Å². The number of benzene rings is 2. The highest BCUT2D eigenvalue weighted by Gasteiger charge is 2.20. The quantitative estimate of drug-likeness (QED) is 0.532. The minimum Gasteiger partial charge on any atom is -0.487 e. The molecule has 138 valence electrons. The van der Waals surface area contributed by atoms with Crippen LogP contribution < -0.4 is 4.74 Å². The van der Waals surface area contributed by atoms with Crippen LogP contribution in [0.1, 0.15) is 41.5 Å². The number of carboxylic acid groups (broad SMARTS) is 1. The number of halogens is 1. The molecule has 0 saturated heterocycles. The van der Waals surface area contributed by atoms with Gasteiger partial charge in [-0.1, -0.05) is 60.1 Å². The van der Waals surface area contributed by atoms with E-state index in [9.17, 15) is 9.90 Å². The lowest BCUT2D eigenvalue weighted by molar-refractivity contribution is 0.0693. The molecule has 4 nitrogen and oxygen atoms in total. The first-order chi connectivity index (χ1) is 13.0. The maximum Gasteiger partial charge on any atom is 0.337 e. The van der Waals surface area contributed by atoms with Crippen LogP contribution in [0, 0.1) is 0 Å². The third-order valence-electron chi connectivity index (χ3n) is 4.18. The molecule has 3 rings (SSSR count). The van der Waals surface area contributed by atoms with Gasteiger partial charge in [-0.05, 0) is 41.8 Å². The molecule has 0 amide bonds. The van der Waals surface area contributed by atoms with Crippen molar-refractivity contribution < 1.29 is 14.6 Å². The van der Waals surface area contributed by atoms with E-state index in [1.807, 2.05) is 68.4 Å². The molecule has 1 heterocycles. The average Bonchev–Trinajstić information content (AvgIpc) is 2.67. The van der Waals surface area contributed by atoms with E-state index < -0.39 is 5.97 Å². The lowest BCUT2D eigenvalue weighted by Crippen LogP contribution is -2.12. The molecule has 2 aromatic carbocycles. The third-order valence-corrected chi connectivity index (χ3v) is 4.71.